The molecule has 0 aromatic carbocycles. The van der Waals surface area contributed by atoms with E-state index < -0.39 is 0 Å². The van der Waals surface area contributed by atoms with Gasteiger partial charge < -0.3 is 9.47 Å². The van der Waals surface area contributed by atoms with E-state index in [4.69, 9.17) is 9.47 Å². The number of hydrogen-bond acceptors (Lipinski definition) is 3. The Morgan fingerprint density at radius 3 is 3.20 bits per heavy atom. The molecular formula is C7H13NO2. The average molecular weight is 143 g/mol. The van der Waals surface area contributed by atoms with Gasteiger partial charge in [-0.1, -0.05) is 6.92 Å². The van der Waals surface area contributed by atoms with Gasteiger partial charge in [0.2, 0.25) is 0 Å². The zero-order valence-electron chi connectivity index (χ0n) is 6.25. The van der Waals surface area contributed by atoms with E-state index in [0.717, 1.165) is 26.5 Å². The topological polar surface area (TPSA) is 21.7 Å². The minimum absolute atomic E-state index is 0.419. The highest BCUT2D eigenvalue weighted by molar-refractivity contribution is 4.84. The maximum atomic E-state index is 5.52. The van der Waals surface area contributed by atoms with Gasteiger partial charge in [-0.2, -0.15) is 0 Å². The second-order valence-electron chi connectivity index (χ2n) is 2.90. The van der Waals surface area contributed by atoms with E-state index in [1.165, 1.54) is 0 Å². The summed E-state index contributed by atoms with van der Waals surface area (Å²) < 4.78 is 10.8. The third-order valence-corrected chi connectivity index (χ3v) is 2.30. The van der Waals surface area contributed by atoms with Crippen LogP contribution in [0, 0.1) is 0 Å². The van der Waals surface area contributed by atoms with Crippen LogP contribution in [0.1, 0.15) is 13.3 Å². The van der Waals surface area contributed by atoms with Crippen LogP contribution in [0.25, 0.3) is 0 Å². The highest BCUT2D eigenvalue weighted by atomic mass is 16.6. The normalized spacial score (nSPS) is 40.5. The summed E-state index contributed by atoms with van der Waals surface area (Å²) in [7, 11) is 0. The molecule has 0 N–H and O–H groups in total. The van der Waals surface area contributed by atoms with Crippen LogP contribution < -0.4 is 0 Å². The molecule has 2 atom stereocenters. The lowest BCUT2D eigenvalue weighted by Gasteiger charge is -2.12. The van der Waals surface area contributed by atoms with Gasteiger partial charge in [-0.15, -0.1) is 0 Å². The SMILES string of the molecule is CCC1OCN2COCC12. The first-order valence-corrected chi connectivity index (χ1v) is 3.85. The number of fused-ring (bicyclic) bond motifs is 1. The van der Waals surface area contributed by atoms with Crippen molar-refractivity contribution in [3.8, 4) is 0 Å². The molecule has 3 nitrogen and oxygen atoms in total. The fraction of sp³-hybridized carbons (Fsp3) is 1.00. The summed E-state index contributed by atoms with van der Waals surface area (Å²) in [6.07, 6.45) is 1.52. The van der Waals surface area contributed by atoms with Crippen molar-refractivity contribution in [2.75, 3.05) is 20.1 Å². The summed E-state index contributed by atoms with van der Waals surface area (Å²) in [5.74, 6) is 0. The second-order valence-corrected chi connectivity index (χ2v) is 2.90. The molecule has 0 bridgehead atoms. The Balaban J connectivity index is 2.01. The van der Waals surface area contributed by atoms with E-state index >= 15 is 0 Å². The first-order valence-electron chi connectivity index (χ1n) is 3.85. The van der Waals surface area contributed by atoms with E-state index in [2.05, 4.69) is 11.8 Å². The molecule has 0 radical (unpaired) electrons. The number of rotatable bonds is 1. The molecule has 2 aliphatic heterocycles. The van der Waals surface area contributed by atoms with Gasteiger partial charge in [0.15, 0.2) is 0 Å². The van der Waals surface area contributed by atoms with Crippen LogP contribution in [0.3, 0.4) is 0 Å². The molecule has 0 aromatic heterocycles. The quantitative estimate of drug-likeness (QED) is 0.530. The molecule has 0 aromatic rings. The molecule has 2 aliphatic rings. The third kappa shape index (κ3) is 0.856. The van der Waals surface area contributed by atoms with Crippen molar-refractivity contribution in [2.24, 2.45) is 0 Å². The van der Waals surface area contributed by atoms with Crippen LogP contribution in [-0.2, 0) is 9.47 Å². The summed E-state index contributed by atoms with van der Waals surface area (Å²) in [4.78, 5) is 2.24. The molecule has 10 heavy (non-hydrogen) atoms. The minimum Gasteiger partial charge on any atom is -0.364 e. The summed E-state index contributed by atoms with van der Waals surface area (Å²) >= 11 is 0. The molecule has 58 valence electrons. The van der Waals surface area contributed by atoms with Gasteiger partial charge in [-0.05, 0) is 6.42 Å². The fourth-order valence-corrected chi connectivity index (χ4v) is 1.66. The van der Waals surface area contributed by atoms with E-state index in [1.54, 1.807) is 0 Å². The number of nitrogens with zero attached hydrogens (tertiary/aromatic N) is 1. The minimum atomic E-state index is 0.419. The molecule has 2 heterocycles. The van der Waals surface area contributed by atoms with Crippen LogP contribution >= 0.6 is 0 Å². The molecule has 0 amide bonds. The second kappa shape index (κ2) is 2.49. The van der Waals surface area contributed by atoms with Crippen LogP contribution in [-0.4, -0.2) is 37.1 Å². The van der Waals surface area contributed by atoms with Gasteiger partial charge >= 0.3 is 0 Å². The summed E-state index contributed by atoms with van der Waals surface area (Å²) in [5.41, 5.74) is 0. The molecule has 2 unspecified atom stereocenters. The average Bonchev–Trinajstić information content (AvgIpc) is 2.44. The van der Waals surface area contributed by atoms with Crippen molar-refractivity contribution in [1.82, 2.24) is 4.90 Å². The smallest absolute Gasteiger partial charge is 0.102 e. The lowest BCUT2D eigenvalue weighted by Crippen LogP contribution is -2.30. The molecule has 2 rings (SSSR count). The Kier molecular flexibility index (Phi) is 1.64. The zero-order chi connectivity index (χ0) is 6.97. The van der Waals surface area contributed by atoms with Crippen LogP contribution in [0.2, 0.25) is 0 Å². The van der Waals surface area contributed by atoms with Gasteiger partial charge in [0.1, 0.15) is 13.5 Å². The first kappa shape index (κ1) is 6.58. The van der Waals surface area contributed by atoms with Crippen molar-refractivity contribution >= 4 is 0 Å². The van der Waals surface area contributed by atoms with Crippen LogP contribution in [0.4, 0.5) is 0 Å². The Hall–Kier alpha value is -0.120. The highest BCUT2D eigenvalue weighted by Gasteiger charge is 2.37. The molecule has 0 aliphatic carbocycles. The van der Waals surface area contributed by atoms with Crippen molar-refractivity contribution < 1.29 is 9.47 Å². The van der Waals surface area contributed by atoms with E-state index in [1.807, 2.05) is 0 Å². The molecule has 2 fully saturated rings. The summed E-state index contributed by atoms with van der Waals surface area (Å²) in [6, 6.07) is 0.546. The van der Waals surface area contributed by atoms with Crippen molar-refractivity contribution in [1.29, 1.82) is 0 Å². The predicted octanol–water partition coefficient (Wildman–Crippen LogP) is 0.411. The van der Waals surface area contributed by atoms with E-state index in [-0.39, 0.29) is 0 Å². The Labute approximate surface area is 60.9 Å². The molecule has 0 saturated carbocycles. The van der Waals surface area contributed by atoms with Gasteiger partial charge in [0.25, 0.3) is 0 Å². The highest BCUT2D eigenvalue weighted by Crippen LogP contribution is 2.23. The van der Waals surface area contributed by atoms with E-state index in [9.17, 15) is 0 Å². The van der Waals surface area contributed by atoms with E-state index in [0.29, 0.717) is 12.1 Å². The van der Waals surface area contributed by atoms with Gasteiger partial charge in [0, 0.05) is 0 Å². The lowest BCUT2D eigenvalue weighted by molar-refractivity contribution is 0.0363. The summed E-state index contributed by atoms with van der Waals surface area (Å²) in [5, 5.41) is 0. The number of ether oxygens (including phenoxy) is 2. The lowest BCUT2D eigenvalue weighted by atomic mass is 10.1. The standard InChI is InChI=1S/C7H13NO2/c1-2-7-6-3-9-4-8(6)5-10-7/h6-7H,2-5H2,1H3. The monoisotopic (exact) mass is 143 g/mol. The van der Waals surface area contributed by atoms with Crippen molar-refractivity contribution in [2.45, 2.75) is 25.5 Å². The fourth-order valence-electron chi connectivity index (χ4n) is 1.66. The van der Waals surface area contributed by atoms with Gasteiger partial charge in [0.05, 0.1) is 18.8 Å². The Morgan fingerprint density at radius 1 is 1.50 bits per heavy atom. The van der Waals surface area contributed by atoms with Crippen molar-refractivity contribution in [3.63, 3.8) is 0 Å². The Bertz CT molecular complexity index is 129. The molecule has 0 spiro atoms. The molecule has 2 saturated heterocycles. The first-order chi connectivity index (χ1) is 4.92. The van der Waals surface area contributed by atoms with Gasteiger partial charge in [-0.3, -0.25) is 0 Å². The maximum absolute atomic E-state index is 5.52. The van der Waals surface area contributed by atoms with Crippen molar-refractivity contribution in [3.05, 3.63) is 0 Å². The number of hydrogen-bond donors (Lipinski definition) is 0. The predicted molar refractivity (Wildman–Crippen MR) is 36.5 cm³/mol. The van der Waals surface area contributed by atoms with Crippen LogP contribution in [0.5, 0.6) is 0 Å². The summed E-state index contributed by atoms with van der Waals surface area (Å²) in [6.45, 7) is 4.55. The maximum Gasteiger partial charge on any atom is 0.102 e. The largest absolute Gasteiger partial charge is 0.364 e. The zero-order valence-corrected chi connectivity index (χ0v) is 6.25. The Morgan fingerprint density at radius 2 is 2.40 bits per heavy atom. The van der Waals surface area contributed by atoms with Gasteiger partial charge in [-0.25, -0.2) is 4.90 Å². The molecule has 3 heteroatoms. The van der Waals surface area contributed by atoms with Crippen LogP contribution in [0.15, 0.2) is 0 Å². The molecular weight excluding hydrogens is 130 g/mol. The third-order valence-electron chi connectivity index (χ3n) is 2.30.